The molecule has 33 heavy (non-hydrogen) atoms. The van der Waals surface area contributed by atoms with Crippen molar-refractivity contribution < 1.29 is 18.0 Å². The van der Waals surface area contributed by atoms with E-state index in [-0.39, 0.29) is 23.5 Å². The fourth-order valence-corrected chi connectivity index (χ4v) is 4.33. The van der Waals surface area contributed by atoms with E-state index in [2.05, 4.69) is 16.5 Å². The minimum Gasteiger partial charge on any atom is -0.341 e. The summed E-state index contributed by atoms with van der Waals surface area (Å²) in [5, 5.41) is 0. The third-order valence-corrected chi connectivity index (χ3v) is 6.13. The number of halogens is 3. The molecule has 0 saturated carbocycles. The van der Waals surface area contributed by atoms with E-state index >= 15 is 0 Å². The number of carbonyl (C=O) groups is 1. The molecule has 1 saturated heterocycles. The van der Waals surface area contributed by atoms with E-state index in [9.17, 15) is 22.8 Å². The Hall–Kier alpha value is -3.43. The Kier molecular flexibility index (Phi) is 6.09. The van der Waals surface area contributed by atoms with E-state index in [1.807, 2.05) is 12.2 Å². The van der Waals surface area contributed by atoms with Gasteiger partial charge in [-0.25, -0.2) is 9.97 Å². The fraction of sp³-hybridized carbons (Fsp3) is 0.391. The molecule has 174 valence electrons. The molecule has 2 aromatic rings. The van der Waals surface area contributed by atoms with Crippen molar-refractivity contribution in [2.24, 2.45) is 0 Å². The van der Waals surface area contributed by atoms with E-state index in [1.54, 1.807) is 29.1 Å². The van der Waals surface area contributed by atoms with Crippen LogP contribution in [0.3, 0.4) is 0 Å². The molecule has 0 bridgehead atoms. The molecule has 1 amide bonds. The zero-order valence-electron chi connectivity index (χ0n) is 18.2. The molecule has 2 aliphatic rings. The van der Waals surface area contributed by atoms with E-state index in [4.69, 9.17) is 0 Å². The summed E-state index contributed by atoms with van der Waals surface area (Å²) in [5.41, 5.74) is 0.632. The summed E-state index contributed by atoms with van der Waals surface area (Å²) in [6, 6.07) is 0.752. The lowest BCUT2D eigenvalue weighted by atomic mass is 10.0. The molecule has 1 aliphatic carbocycles. The molecular formula is C23H24F3N5O2. The van der Waals surface area contributed by atoms with Gasteiger partial charge >= 0.3 is 6.18 Å². The number of rotatable bonds is 5. The van der Waals surface area contributed by atoms with Gasteiger partial charge in [0.1, 0.15) is 5.69 Å². The molecule has 1 aliphatic heterocycles. The second kappa shape index (κ2) is 8.84. The number of aromatic nitrogens is 3. The normalized spacial score (nSPS) is 16.1. The first-order valence-corrected chi connectivity index (χ1v) is 10.7. The van der Waals surface area contributed by atoms with Gasteiger partial charge < -0.3 is 14.4 Å². The number of carbonyl (C=O) groups excluding carboxylic acids is 1. The van der Waals surface area contributed by atoms with Gasteiger partial charge in [0.2, 0.25) is 5.95 Å². The molecule has 0 N–H and O–H groups in total. The minimum atomic E-state index is -4.53. The Balaban J connectivity index is 1.49. The molecule has 1 fully saturated rings. The topological polar surface area (TPSA) is 71.3 Å². The zero-order valence-corrected chi connectivity index (χ0v) is 18.2. The summed E-state index contributed by atoms with van der Waals surface area (Å²) in [7, 11) is 1.72. The molecule has 0 atom stereocenters. The average molecular weight is 459 g/mol. The van der Waals surface area contributed by atoms with Gasteiger partial charge in [-0.15, -0.1) is 6.58 Å². The van der Waals surface area contributed by atoms with Crippen LogP contribution in [0.2, 0.25) is 0 Å². The average Bonchev–Trinajstić information content (AvgIpc) is 3.30. The Morgan fingerprint density at radius 2 is 2.06 bits per heavy atom. The highest BCUT2D eigenvalue weighted by atomic mass is 19.4. The molecule has 10 heteroatoms. The van der Waals surface area contributed by atoms with Gasteiger partial charge in [0.15, 0.2) is 0 Å². The number of pyridine rings is 1. The van der Waals surface area contributed by atoms with Gasteiger partial charge in [0.25, 0.3) is 11.5 Å². The Morgan fingerprint density at radius 3 is 2.73 bits per heavy atom. The first-order chi connectivity index (χ1) is 15.7. The number of fused-ring (bicyclic) bond motifs is 1. The van der Waals surface area contributed by atoms with Gasteiger partial charge in [-0.05, 0) is 30.9 Å². The van der Waals surface area contributed by atoms with Crippen molar-refractivity contribution in [3.05, 3.63) is 69.9 Å². The first kappa shape index (κ1) is 22.8. The summed E-state index contributed by atoms with van der Waals surface area (Å²) in [4.78, 5) is 37.0. The number of amides is 1. The van der Waals surface area contributed by atoms with Gasteiger partial charge in [-0.2, -0.15) is 13.2 Å². The molecule has 0 spiro atoms. The smallest absolute Gasteiger partial charge is 0.341 e. The monoisotopic (exact) mass is 459 g/mol. The van der Waals surface area contributed by atoms with E-state index in [0.717, 1.165) is 12.3 Å². The van der Waals surface area contributed by atoms with Crippen LogP contribution in [-0.2, 0) is 19.1 Å². The van der Waals surface area contributed by atoms with Crippen molar-refractivity contribution >= 4 is 17.9 Å². The molecule has 4 rings (SSSR count). The number of hydrogen-bond acceptors (Lipinski definition) is 5. The van der Waals surface area contributed by atoms with Crippen LogP contribution in [0.15, 0.2) is 42.0 Å². The second-order valence-electron chi connectivity index (χ2n) is 8.16. The number of piperidine rings is 1. The van der Waals surface area contributed by atoms with Crippen LogP contribution in [0.5, 0.6) is 0 Å². The van der Waals surface area contributed by atoms with E-state index < -0.39 is 11.9 Å². The highest BCUT2D eigenvalue weighted by Crippen LogP contribution is 2.29. The van der Waals surface area contributed by atoms with Crippen LogP contribution < -0.4 is 10.5 Å². The Bertz CT molecular complexity index is 1160. The SMILES string of the molecule is C=CCn1cc(C(=O)N(C)C2CCN(c3nccc(C(F)(F)F)n3)CC2)c2c(c1=O)CC=C2. The summed E-state index contributed by atoms with van der Waals surface area (Å²) in [6.07, 6.45) is 5.07. The molecule has 3 heterocycles. The third-order valence-electron chi connectivity index (χ3n) is 6.13. The summed E-state index contributed by atoms with van der Waals surface area (Å²) in [5.74, 6) is -0.152. The van der Waals surface area contributed by atoms with Gasteiger partial charge in [0, 0.05) is 50.7 Å². The quantitative estimate of drug-likeness (QED) is 0.643. The largest absolute Gasteiger partial charge is 0.433 e. The number of allylic oxidation sites excluding steroid dienone is 2. The molecule has 0 radical (unpaired) electrons. The predicted octanol–water partition coefficient (Wildman–Crippen LogP) is 3.15. The van der Waals surface area contributed by atoms with Crippen molar-refractivity contribution in [2.45, 2.75) is 38.0 Å². The van der Waals surface area contributed by atoms with Crippen LogP contribution in [0.25, 0.3) is 6.08 Å². The molecule has 7 nitrogen and oxygen atoms in total. The number of alkyl halides is 3. The molecular weight excluding hydrogens is 435 g/mol. The van der Waals surface area contributed by atoms with Crippen LogP contribution in [0.4, 0.5) is 19.1 Å². The maximum Gasteiger partial charge on any atom is 0.433 e. The summed E-state index contributed by atoms with van der Waals surface area (Å²) >= 11 is 0. The van der Waals surface area contributed by atoms with Crippen molar-refractivity contribution in [3.8, 4) is 0 Å². The lowest BCUT2D eigenvalue weighted by molar-refractivity contribution is -0.141. The second-order valence-corrected chi connectivity index (χ2v) is 8.16. The van der Waals surface area contributed by atoms with Crippen LogP contribution in [0.1, 0.15) is 40.0 Å². The standard InChI is InChI=1S/C23H24F3N5O2/c1-3-11-31-14-18(16-5-4-6-17(16)21(31)33)20(32)29(2)15-8-12-30(13-9-15)22-27-10-7-19(28-22)23(24,25)26/h3-5,7,10,14-15H,1,6,8-9,11-13H2,2H3. The van der Waals surface area contributed by atoms with Crippen molar-refractivity contribution in [3.63, 3.8) is 0 Å². The predicted molar refractivity (Wildman–Crippen MR) is 118 cm³/mol. The lowest BCUT2D eigenvalue weighted by Crippen LogP contribution is -2.46. The van der Waals surface area contributed by atoms with Gasteiger partial charge in [-0.3, -0.25) is 9.59 Å². The van der Waals surface area contributed by atoms with E-state index in [0.29, 0.717) is 55.6 Å². The molecule has 0 aromatic carbocycles. The van der Waals surface area contributed by atoms with Gasteiger partial charge in [-0.1, -0.05) is 18.2 Å². The fourth-order valence-electron chi connectivity index (χ4n) is 4.33. The Labute approximate surface area is 188 Å². The number of nitrogens with zero attached hydrogens (tertiary/aromatic N) is 5. The van der Waals surface area contributed by atoms with Crippen LogP contribution in [-0.4, -0.2) is 51.5 Å². The number of anilines is 1. The highest BCUT2D eigenvalue weighted by molar-refractivity contribution is 5.98. The van der Waals surface area contributed by atoms with Gasteiger partial charge in [0.05, 0.1) is 5.56 Å². The minimum absolute atomic E-state index is 0.0386. The maximum atomic E-state index is 13.4. The third kappa shape index (κ3) is 4.42. The Morgan fingerprint density at radius 1 is 1.33 bits per heavy atom. The summed E-state index contributed by atoms with van der Waals surface area (Å²) in [6.45, 7) is 4.84. The van der Waals surface area contributed by atoms with E-state index in [1.165, 1.54) is 4.57 Å². The molecule has 2 aromatic heterocycles. The summed E-state index contributed by atoms with van der Waals surface area (Å²) < 4.78 is 40.4. The zero-order chi connectivity index (χ0) is 23.8. The number of hydrogen-bond donors (Lipinski definition) is 0. The first-order valence-electron chi connectivity index (χ1n) is 10.7. The van der Waals surface area contributed by atoms with Crippen molar-refractivity contribution in [1.82, 2.24) is 19.4 Å². The lowest BCUT2D eigenvalue weighted by Gasteiger charge is -2.37. The van der Waals surface area contributed by atoms with Crippen LogP contribution >= 0.6 is 0 Å². The molecule has 0 unspecified atom stereocenters. The maximum absolute atomic E-state index is 13.4. The van der Waals surface area contributed by atoms with Crippen molar-refractivity contribution in [2.75, 3.05) is 25.0 Å². The van der Waals surface area contributed by atoms with Crippen molar-refractivity contribution in [1.29, 1.82) is 0 Å². The van der Waals surface area contributed by atoms with Crippen LogP contribution in [0, 0.1) is 0 Å². The highest BCUT2D eigenvalue weighted by Gasteiger charge is 2.34.